The lowest BCUT2D eigenvalue weighted by molar-refractivity contribution is 0.102. The number of hydrogen-bond donors (Lipinski definition) is 2. The van der Waals surface area contributed by atoms with Gasteiger partial charge in [-0.05, 0) is 80.5 Å². The second-order valence-electron chi connectivity index (χ2n) is 8.69. The number of pyridine rings is 1. The molecule has 0 saturated carbocycles. The summed E-state index contributed by atoms with van der Waals surface area (Å²) in [6.07, 6.45) is 5.43. The Morgan fingerprint density at radius 1 is 0.973 bits per heavy atom. The van der Waals surface area contributed by atoms with E-state index < -0.39 is 21.5 Å². The number of halogens is 2. The fraction of sp³-hybridized carbons (Fsp3) is 0.269. The van der Waals surface area contributed by atoms with Gasteiger partial charge in [0.15, 0.2) is 0 Å². The summed E-state index contributed by atoms with van der Waals surface area (Å²) in [5.41, 5.74) is 0.792. The molecule has 1 unspecified atom stereocenters. The van der Waals surface area contributed by atoms with Crippen molar-refractivity contribution in [3.63, 3.8) is 0 Å². The normalized spacial score (nSPS) is 15.1. The molecule has 0 aliphatic carbocycles. The van der Waals surface area contributed by atoms with Crippen molar-refractivity contribution in [1.29, 1.82) is 0 Å². The SMILES string of the molecule is CS(=O)(=NCCN1CCCC1)c1ccc(C(=O)Nc2ccc(Cl)cc2C(=O)Nc2ccc(Cl)cn2)cc1. The highest BCUT2D eigenvalue weighted by Crippen LogP contribution is 2.23. The van der Waals surface area contributed by atoms with Crippen LogP contribution in [0.5, 0.6) is 0 Å². The number of carbonyl (C=O) groups excluding carboxylic acids is 2. The Kier molecular flexibility index (Phi) is 8.81. The van der Waals surface area contributed by atoms with E-state index >= 15 is 0 Å². The third-order valence-electron chi connectivity index (χ3n) is 5.95. The minimum Gasteiger partial charge on any atom is -0.321 e. The molecule has 1 fully saturated rings. The predicted octanol–water partition coefficient (Wildman–Crippen LogP) is 5.45. The average molecular weight is 561 g/mol. The van der Waals surface area contributed by atoms with Gasteiger partial charge in [0.25, 0.3) is 11.8 Å². The van der Waals surface area contributed by atoms with Gasteiger partial charge in [-0.15, -0.1) is 0 Å². The fourth-order valence-electron chi connectivity index (χ4n) is 3.94. The number of anilines is 2. The number of carbonyl (C=O) groups is 2. The van der Waals surface area contributed by atoms with Crippen molar-refractivity contribution in [1.82, 2.24) is 9.88 Å². The Labute approximate surface area is 226 Å². The summed E-state index contributed by atoms with van der Waals surface area (Å²) in [5.74, 6) is -0.624. The molecular weight excluding hydrogens is 533 g/mol. The molecule has 0 radical (unpaired) electrons. The smallest absolute Gasteiger partial charge is 0.258 e. The minimum atomic E-state index is -2.57. The van der Waals surface area contributed by atoms with E-state index in [9.17, 15) is 13.8 Å². The standard InChI is InChI=1S/C26H27Cl2N5O3S/c1-37(36,30-12-15-33-13-2-3-14-33)21-8-4-18(5-9-21)25(34)31-23-10-6-19(27)16-22(23)26(35)32-24-11-7-20(28)17-29-24/h4-11,16-17H,2-3,12-15H2,1H3,(H,31,34)(H,29,32,35). The first-order valence-corrected chi connectivity index (χ1v) is 14.4. The van der Waals surface area contributed by atoms with Crippen molar-refractivity contribution < 1.29 is 13.8 Å². The number of hydrogen-bond acceptors (Lipinski definition) is 6. The summed E-state index contributed by atoms with van der Waals surface area (Å²) in [4.78, 5) is 32.8. The van der Waals surface area contributed by atoms with Gasteiger partial charge in [0.05, 0.1) is 32.5 Å². The number of nitrogens with zero attached hydrogens (tertiary/aromatic N) is 3. The summed E-state index contributed by atoms with van der Waals surface area (Å²) in [6.45, 7) is 3.44. The maximum Gasteiger partial charge on any atom is 0.258 e. The van der Waals surface area contributed by atoms with E-state index in [1.54, 1.807) is 54.8 Å². The molecular formula is C26H27Cl2N5O3S. The molecule has 1 atom stereocenters. The average Bonchev–Trinajstić information content (AvgIpc) is 3.40. The van der Waals surface area contributed by atoms with E-state index in [-0.39, 0.29) is 11.3 Å². The number of benzene rings is 2. The van der Waals surface area contributed by atoms with E-state index in [0.717, 1.165) is 19.6 Å². The van der Waals surface area contributed by atoms with Gasteiger partial charge < -0.3 is 15.5 Å². The van der Waals surface area contributed by atoms with E-state index in [1.165, 1.54) is 25.1 Å². The van der Waals surface area contributed by atoms with Crippen LogP contribution in [0.3, 0.4) is 0 Å². The van der Waals surface area contributed by atoms with Crippen molar-refractivity contribution >= 4 is 56.3 Å². The Balaban J connectivity index is 1.45. The molecule has 194 valence electrons. The molecule has 1 aliphatic heterocycles. The monoisotopic (exact) mass is 559 g/mol. The van der Waals surface area contributed by atoms with Crippen LogP contribution in [0.15, 0.2) is 70.1 Å². The molecule has 2 N–H and O–H groups in total. The van der Waals surface area contributed by atoms with Gasteiger partial charge in [0.1, 0.15) is 5.82 Å². The molecule has 1 aliphatic rings. The summed E-state index contributed by atoms with van der Waals surface area (Å²) in [6, 6.07) is 14.2. The van der Waals surface area contributed by atoms with Crippen LogP contribution in [0.1, 0.15) is 33.6 Å². The summed E-state index contributed by atoms with van der Waals surface area (Å²) >= 11 is 12.0. The number of nitrogens with one attached hydrogen (secondary N) is 2. The molecule has 2 amide bonds. The van der Waals surface area contributed by atoms with Crippen LogP contribution in [0.4, 0.5) is 11.5 Å². The van der Waals surface area contributed by atoms with Crippen LogP contribution >= 0.6 is 23.2 Å². The largest absolute Gasteiger partial charge is 0.321 e. The lowest BCUT2D eigenvalue weighted by Gasteiger charge is -2.13. The number of aromatic nitrogens is 1. The van der Waals surface area contributed by atoms with E-state index in [2.05, 4.69) is 24.9 Å². The molecule has 0 bridgehead atoms. The topological polar surface area (TPSA) is 104 Å². The highest BCUT2D eigenvalue weighted by atomic mass is 35.5. The third kappa shape index (κ3) is 7.29. The maximum atomic E-state index is 13.1. The van der Waals surface area contributed by atoms with Crippen molar-refractivity contribution in [2.24, 2.45) is 4.36 Å². The number of likely N-dealkylation sites (tertiary alicyclic amines) is 1. The zero-order valence-electron chi connectivity index (χ0n) is 20.2. The van der Waals surface area contributed by atoms with Crippen molar-refractivity contribution in [2.45, 2.75) is 17.7 Å². The molecule has 8 nitrogen and oxygen atoms in total. The van der Waals surface area contributed by atoms with E-state index in [1.807, 2.05) is 0 Å². The maximum absolute atomic E-state index is 13.1. The van der Waals surface area contributed by atoms with Gasteiger partial charge in [-0.2, -0.15) is 0 Å². The van der Waals surface area contributed by atoms with Crippen LogP contribution in [0.25, 0.3) is 0 Å². The van der Waals surface area contributed by atoms with Gasteiger partial charge in [-0.3, -0.25) is 9.59 Å². The quantitative estimate of drug-likeness (QED) is 0.382. The van der Waals surface area contributed by atoms with E-state index in [4.69, 9.17) is 23.2 Å². The molecule has 11 heteroatoms. The van der Waals surface area contributed by atoms with Crippen LogP contribution in [0.2, 0.25) is 10.0 Å². The lowest BCUT2D eigenvalue weighted by Crippen LogP contribution is -2.22. The van der Waals surface area contributed by atoms with Crippen molar-refractivity contribution in [3.8, 4) is 0 Å². The zero-order valence-corrected chi connectivity index (χ0v) is 22.6. The zero-order chi connectivity index (χ0) is 26.4. The molecule has 0 spiro atoms. The lowest BCUT2D eigenvalue weighted by atomic mass is 10.1. The van der Waals surface area contributed by atoms with Gasteiger partial charge in [-0.1, -0.05) is 23.2 Å². The van der Waals surface area contributed by atoms with Crippen LogP contribution in [-0.4, -0.2) is 58.3 Å². The van der Waals surface area contributed by atoms with Crippen LogP contribution in [0, 0.1) is 0 Å². The minimum absolute atomic E-state index is 0.169. The number of amides is 2. The third-order valence-corrected chi connectivity index (χ3v) is 8.23. The highest BCUT2D eigenvalue weighted by molar-refractivity contribution is 7.93. The summed E-state index contributed by atoms with van der Waals surface area (Å²) in [5, 5.41) is 6.19. The van der Waals surface area contributed by atoms with Crippen LogP contribution in [-0.2, 0) is 9.73 Å². The fourth-order valence-corrected chi connectivity index (χ4v) is 5.44. The Bertz CT molecular complexity index is 1400. The second-order valence-corrected chi connectivity index (χ2v) is 11.9. The predicted molar refractivity (Wildman–Crippen MR) is 148 cm³/mol. The number of rotatable bonds is 8. The molecule has 3 aromatic rings. The molecule has 2 heterocycles. The van der Waals surface area contributed by atoms with E-state index in [0.29, 0.717) is 32.9 Å². The molecule has 1 saturated heterocycles. The first-order chi connectivity index (χ1) is 17.7. The second kappa shape index (κ2) is 12.0. The van der Waals surface area contributed by atoms with Crippen molar-refractivity contribution in [2.75, 3.05) is 43.1 Å². The van der Waals surface area contributed by atoms with Gasteiger partial charge in [0.2, 0.25) is 0 Å². The van der Waals surface area contributed by atoms with Gasteiger partial charge in [-0.25, -0.2) is 13.6 Å². The van der Waals surface area contributed by atoms with Gasteiger partial charge >= 0.3 is 0 Å². The Hall–Kier alpha value is -2.98. The molecule has 37 heavy (non-hydrogen) atoms. The molecule has 4 rings (SSSR count). The van der Waals surface area contributed by atoms with Crippen molar-refractivity contribution in [3.05, 3.63) is 82.0 Å². The Morgan fingerprint density at radius 2 is 1.68 bits per heavy atom. The summed E-state index contributed by atoms with van der Waals surface area (Å²) in [7, 11) is -2.57. The first kappa shape index (κ1) is 27.1. The van der Waals surface area contributed by atoms with Gasteiger partial charge in [0, 0.05) is 34.5 Å². The first-order valence-electron chi connectivity index (χ1n) is 11.8. The molecule has 1 aromatic heterocycles. The summed E-state index contributed by atoms with van der Waals surface area (Å²) < 4.78 is 17.5. The van der Waals surface area contributed by atoms with Crippen LogP contribution < -0.4 is 10.6 Å². The molecule has 2 aromatic carbocycles. The Morgan fingerprint density at radius 3 is 2.35 bits per heavy atom. The highest BCUT2D eigenvalue weighted by Gasteiger charge is 2.17.